The Morgan fingerprint density at radius 3 is 2.68 bits per heavy atom. The van der Waals surface area contributed by atoms with Crippen LogP contribution in [0.5, 0.6) is 0 Å². The van der Waals surface area contributed by atoms with Gasteiger partial charge in [0.15, 0.2) is 0 Å². The van der Waals surface area contributed by atoms with E-state index < -0.39 is 0 Å². The number of nitrogens with zero attached hydrogens (tertiary/aromatic N) is 1. The van der Waals surface area contributed by atoms with Crippen LogP contribution in [0.2, 0.25) is 5.15 Å². The maximum Gasteiger partial charge on any atom is 0.257 e. The summed E-state index contributed by atoms with van der Waals surface area (Å²) in [6.45, 7) is 1.81. The monoisotopic (exact) mass is 276 g/mol. The maximum atomic E-state index is 12.0. The van der Waals surface area contributed by atoms with Crippen LogP contribution in [0.1, 0.15) is 15.9 Å². The fraction of sp³-hybridized carbons (Fsp3) is 0.0769. The molecule has 0 aliphatic rings. The third-order valence-corrected chi connectivity index (χ3v) is 2.99. The van der Waals surface area contributed by atoms with Crippen molar-refractivity contribution >= 4 is 34.6 Å². The molecule has 0 aliphatic carbocycles. The molecule has 6 heteroatoms. The first kappa shape index (κ1) is 13.2. The first-order valence-corrected chi connectivity index (χ1v) is 5.93. The summed E-state index contributed by atoms with van der Waals surface area (Å²) in [7, 11) is 0. The molecule has 0 aliphatic heterocycles. The summed E-state index contributed by atoms with van der Waals surface area (Å²) in [4.78, 5) is 16.0. The Bertz CT molecular complexity index is 643. The van der Waals surface area contributed by atoms with Gasteiger partial charge in [-0.1, -0.05) is 11.6 Å². The van der Waals surface area contributed by atoms with E-state index in [1.54, 1.807) is 24.3 Å². The van der Waals surface area contributed by atoms with Crippen LogP contribution in [-0.4, -0.2) is 10.9 Å². The van der Waals surface area contributed by atoms with Crippen LogP contribution in [0, 0.1) is 6.92 Å². The van der Waals surface area contributed by atoms with Gasteiger partial charge in [0.25, 0.3) is 5.91 Å². The van der Waals surface area contributed by atoms with E-state index >= 15 is 0 Å². The smallest absolute Gasteiger partial charge is 0.257 e. The number of aromatic nitrogens is 1. The number of pyridine rings is 1. The van der Waals surface area contributed by atoms with Crippen molar-refractivity contribution in [2.45, 2.75) is 6.92 Å². The second-order valence-electron chi connectivity index (χ2n) is 4.13. The molecule has 5 nitrogen and oxygen atoms in total. The molecule has 1 heterocycles. The third-order valence-electron chi connectivity index (χ3n) is 2.59. The molecule has 98 valence electrons. The minimum Gasteiger partial charge on any atom is -0.399 e. The maximum absolute atomic E-state index is 12.0. The summed E-state index contributed by atoms with van der Waals surface area (Å²) in [5, 5.41) is 3.11. The Kier molecular flexibility index (Phi) is 3.57. The molecular weight excluding hydrogens is 264 g/mol. The first-order chi connectivity index (χ1) is 8.97. The highest BCUT2D eigenvalue weighted by atomic mass is 35.5. The molecule has 0 saturated carbocycles. The summed E-state index contributed by atoms with van der Waals surface area (Å²) in [5.74, 6) is -0.318. The number of nitrogens with two attached hydrogens (primary N) is 2. The van der Waals surface area contributed by atoms with Gasteiger partial charge in [0.05, 0.1) is 17.4 Å². The molecule has 1 aromatic carbocycles. The molecule has 0 atom stereocenters. The second kappa shape index (κ2) is 5.16. The van der Waals surface area contributed by atoms with Crippen molar-refractivity contribution in [2.24, 2.45) is 0 Å². The molecule has 0 bridgehead atoms. The Balaban J connectivity index is 2.23. The van der Waals surface area contributed by atoms with Crippen molar-refractivity contribution in [1.82, 2.24) is 4.98 Å². The van der Waals surface area contributed by atoms with Gasteiger partial charge in [0.2, 0.25) is 0 Å². The van der Waals surface area contributed by atoms with Crippen molar-refractivity contribution in [3.8, 4) is 0 Å². The van der Waals surface area contributed by atoms with Crippen LogP contribution >= 0.6 is 11.6 Å². The molecule has 19 heavy (non-hydrogen) atoms. The van der Waals surface area contributed by atoms with E-state index in [4.69, 9.17) is 23.1 Å². The van der Waals surface area contributed by atoms with Gasteiger partial charge in [-0.15, -0.1) is 0 Å². The molecule has 0 fully saturated rings. The molecule has 2 rings (SSSR count). The van der Waals surface area contributed by atoms with Gasteiger partial charge in [-0.2, -0.15) is 0 Å². The third kappa shape index (κ3) is 2.95. The van der Waals surface area contributed by atoms with Crippen molar-refractivity contribution in [3.63, 3.8) is 0 Å². The van der Waals surface area contributed by atoms with Crippen LogP contribution in [0.25, 0.3) is 0 Å². The van der Waals surface area contributed by atoms with Gasteiger partial charge in [-0.05, 0) is 36.8 Å². The van der Waals surface area contributed by atoms with Crippen LogP contribution in [0.4, 0.5) is 17.1 Å². The van der Waals surface area contributed by atoms with Crippen LogP contribution < -0.4 is 16.8 Å². The number of benzene rings is 1. The number of halogens is 1. The van der Waals surface area contributed by atoms with E-state index in [1.165, 1.54) is 6.20 Å². The number of hydrogen-bond donors (Lipinski definition) is 3. The number of nitrogen functional groups attached to an aromatic ring is 2. The molecule has 0 radical (unpaired) electrons. The lowest BCUT2D eigenvalue weighted by molar-refractivity contribution is 0.102. The Morgan fingerprint density at radius 1 is 1.32 bits per heavy atom. The zero-order valence-electron chi connectivity index (χ0n) is 10.3. The standard InChI is InChI=1S/C13H13ClN4O/c1-7-4-9(6-17-12(7)14)18-13(19)10-3-2-8(15)5-11(10)16/h2-6H,15-16H2,1H3,(H,18,19). The molecule has 2 aromatic rings. The molecule has 0 unspecified atom stereocenters. The first-order valence-electron chi connectivity index (χ1n) is 5.56. The number of hydrogen-bond acceptors (Lipinski definition) is 4. The number of nitrogens with one attached hydrogen (secondary N) is 1. The van der Waals surface area contributed by atoms with Gasteiger partial charge >= 0.3 is 0 Å². The van der Waals surface area contributed by atoms with Gasteiger partial charge in [0, 0.05) is 11.4 Å². The number of aryl methyl sites for hydroxylation is 1. The fourth-order valence-corrected chi connectivity index (χ4v) is 1.72. The average Bonchev–Trinajstić information content (AvgIpc) is 2.33. The van der Waals surface area contributed by atoms with E-state index in [0.29, 0.717) is 27.8 Å². The molecule has 0 saturated heterocycles. The van der Waals surface area contributed by atoms with E-state index in [9.17, 15) is 4.79 Å². The average molecular weight is 277 g/mol. The summed E-state index contributed by atoms with van der Waals surface area (Å²) in [6.07, 6.45) is 1.49. The highest BCUT2D eigenvalue weighted by Crippen LogP contribution is 2.19. The number of amides is 1. The van der Waals surface area contributed by atoms with Crippen LogP contribution in [0.3, 0.4) is 0 Å². The number of rotatable bonds is 2. The Morgan fingerprint density at radius 2 is 2.05 bits per heavy atom. The van der Waals surface area contributed by atoms with Gasteiger partial charge in [0.1, 0.15) is 5.15 Å². The second-order valence-corrected chi connectivity index (χ2v) is 4.49. The van der Waals surface area contributed by atoms with Gasteiger partial charge in [-0.3, -0.25) is 4.79 Å². The molecule has 1 aromatic heterocycles. The van der Waals surface area contributed by atoms with E-state index in [1.807, 2.05) is 6.92 Å². The molecule has 1 amide bonds. The van der Waals surface area contributed by atoms with Gasteiger partial charge in [-0.25, -0.2) is 4.98 Å². The fourth-order valence-electron chi connectivity index (χ4n) is 1.61. The van der Waals surface area contributed by atoms with Crippen molar-refractivity contribution in [1.29, 1.82) is 0 Å². The summed E-state index contributed by atoms with van der Waals surface area (Å²) in [6, 6.07) is 6.48. The molecular formula is C13H13ClN4O. The number of carbonyl (C=O) groups excluding carboxylic acids is 1. The molecule has 5 N–H and O–H groups in total. The summed E-state index contributed by atoms with van der Waals surface area (Å²) >= 11 is 5.82. The SMILES string of the molecule is Cc1cc(NC(=O)c2ccc(N)cc2N)cnc1Cl. The largest absolute Gasteiger partial charge is 0.399 e. The normalized spacial score (nSPS) is 10.2. The van der Waals surface area contributed by atoms with Crippen LogP contribution in [0.15, 0.2) is 30.5 Å². The van der Waals surface area contributed by atoms with E-state index in [-0.39, 0.29) is 5.91 Å². The topological polar surface area (TPSA) is 94.0 Å². The van der Waals surface area contributed by atoms with Crippen LogP contribution in [-0.2, 0) is 0 Å². The predicted molar refractivity (Wildman–Crippen MR) is 77.2 cm³/mol. The lowest BCUT2D eigenvalue weighted by atomic mass is 10.1. The minimum absolute atomic E-state index is 0.318. The van der Waals surface area contributed by atoms with Crippen molar-refractivity contribution in [3.05, 3.63) is 46.7 Å². The van der Waals surface area contributed by atoms with Crippen molar-refractivity contribution < 1.29 is 4.79 Å². The highest BCUT2D eigenvalue weighted by molar-refractivity contribution is 6.30. The highest BCUT2D eigenvalue weighted by Gasteiger charge is 2.10. The Labute approximate surface area is 115 Å². The quantitative estimate of drug-likeness (QED) is 0.580. The summed E-state index contributed by atoms with van der Waals surface area (Å²) in [5.41, 5.74) is 13.9. The number of carbonyl (C=O) groups is 1. The zero-order chi connectivity index (χ0) is 14.0. The lowest BCUT2D eigenvalue weighted by Crippen LogP contribution is -2.14. The Hall–Kier alpha value is -2.27. The van der Waals surface area contributed by atoms with Gasteiger partial charge < -0.3 is 16.8 Å². The zero-order valence-corrected chi connectivity index (χ0v) is 11.0. The van der Waals surface area contributed by atoms with E-state index in [2.05, 4.69) is 10.3 Å². The number of anilines is 3. The molecule has 0 spiro atoms. The summed E-state index contributed by atoms with van der Waals surface area (Å²) < 4.78 is 0. The minimum atomic E-state index is -0.318. The lowest BCUT2D eigenvalue weighted by Gasteiger charge is -2.08. The predicted octanol–water partition coefficient (Wildman–Crippen LogP) is 2.46. The van der Waals surface area contributed by atoms with Crippen molar-refractivity contribution in [2.75, 3.05) is 16.8 Å². The van der Waals surface area contributed by atoms with E-state index in [0.717, 1.165) is 5.56 Å².